The Hall–Kier alpha value is -1.07. The highest BCUT2D eigenvalue weighted by Gasteiger charge is 2.24. The van der Waals surface area contributed by atoms with Gasteiger partial charge in [-0.25, -0.2) is 4.68 Å². The Labute approximate surface area is 112 Å². The zero-order chi connectivity index (χ0) is 13.1. The molecule has 1 aromatic heterocycles. The minimum Gasteiger partial charge on any atom is -0.365 e. The van der Waals surface area contributed by atoms with Crippen LogP contribution < -0.4 is 16.2 Å². The van der Waals surface area contributed by atoms with Crippen molar-refractivity contribution in [2.24, 2.45) is 5.73 Å². The molecule has 2 N–H and O–H groups in total. The molecule has 100 valence electrons. The van der Waals surface area contributed by atoms with Crippen molar-refractivity contribution >= 4 is 17.3 Å². The van der Waals surface area contributed by atoms with Crippen LogP contribution in [-0.2, 0) is 6.54 Å². The summed E-state index contributed by atoms with van der Waals surface area (Å²) in [5, 5.41) is 4.40. The van der Waals surface area contributed by atoms with Gasteiger partial charge >= 0.3 is 0 Å². The summed E-state index contributed by atoms with van der Waals surface area (Å²) in [6.45, 7) is 3.86. The molecule has 0 bridgehead atoms. The second-order valence-corrected chi connectivity index (χ2v) is 4.92. The van der Waals surface area contributed by atoms with E-state index >= 15 is 0 Å². The van der Waals surface area contributed by atoms with Crippen LogP contribution in [0.25, 0.3) is 0 Å². The molecule has 1 aliphatic heterocycles. The molecule has 1 fully saturated rings. The minimum atomic E-state index is -0.224. The fourth-order valence-corrected chi connectivity index (χ4v) is 2.70. The first kappa shape index (κ1) is 13.4. The number of hydrogen-bond acceptors (Lipinski definition) is 4. The third kappa shape index (κ3) is 2.37. The molecule has 18 heavy (non-hydrogen) atoms. The van der Waals surface area contributed by atoms with E-state index in [1.165, 1.54) is 11.1 Å². The van der Waals surface area contributed by atoms with Crippen LogP contribution in [0.4, 0.5) is 5.69 Å². The van der Waals surface area contributed by atoms with Crippen molar-refractivity contribution in [1.82, 2.24) is 9.78 Å². The monoisotopic (exact) mass is 270 g/mol. The van der Waals surface area contributed by atoms with Crippen LogP contribution in [0.15, 0.2) is 11.0 Å². The number of piperidine rings is 1. The first-order chi connectivity index (χ1) is 8.69. The first-order valence-electron chi connectivity index (χ1n) is 6.41. The maximum Gasteiger partial charge on any atom is 0.287 e. The zero-order valence-electron chi connectivity index (χ0n) is 10.6. The molecule has 2 rings (SSSR count). The standard InChI is InChI=1S/C12H19ClN4O/c1-2-17-12(18)11(13)10(8-15-17)16-6-4-3-5-9(16)7-14/h8-9H,2-7,14H2,1H3. The third-order valence-corrected chi connectivity index (χ3v) is 3.83. The Morgan fingerprint density at radius 1 is 1.56 bits per heavy atom. The Bertz CT molecular complexity index is 474. The van der Waals surface area contributed by atoms with Gasteiger partial charge in [-0.15, -0.1) is 0 Å². The lowest BCUT2D eigenvalue weighted by atomic mass is 10.0. The molecule has 2 heterocycles. The lowest BCUT2D eigenvalue weighted by Gasteiger charge is -2.37. The number of hydrogen-bond donors (Lipinski definition) is 1. The molecule has 1 atom stereocenters. The fraction of sp³-hybridized carbons (Fsp3) is 0.667. The second kappa shape index (κ2) is 5.71. The predicted molar refractivity (Wildman–Crippen MR) is 73.2 cm³/mol. The number of anilines is 1. The molecule has 6 heteroatoms. The predicted octanol–water partition coefficient (Wildman–Crippen LogP) is 1.23. The highest BCUT2D eigenvalue weighted by atomic mass is 35.5. The average Bonchev–Trinajstić information content (AvgIpc) is 2.42. The van der Waals surface area contributed by atoms with Crippen molar-refractivity contribution in [2.75, 3.05) is 18.0 Å². The number of nitrogens with two attached hydrogens (primary N) is 1. The van der Waals surface area contributed by atoms with Crippen LogP contribution in [0.2, 0.25) is 5.02 Å². The van der Waals surface area contributed by atoms with Gasteiger partial charge in [0.1, 0.15) is 5.02 Å². The van der Waals surface area contributed by atoms with E-state index in [4.69, 9.17) is 17.3 Å². The molecule has 1 aromatic rings. The summed E-state index contributed by atoms with van der Waals surface area (Å²) in [6.07, 6.45) is 5.00. The Kier molecular flexibility index (Phi) is 4.24. The maximum absolute atomic E-state index is 12.0. The topological polar surface area (TPSA) is 64.2 Å². The van der Waals surface area contributed by atoms with E-state index in [9.17, 15) is 4.79 Å². The van der Waals surface area contributed by atoms with E-state index < -0.39 is 0 Å². The molecule has 5 nitrogen and oxygen atoms in total. The van der Waals surface area contributed by atoms with E-state index in [2.05, 4.69) is 10.00 Å². The second-order valence-electron chi connectivity index (χ2n) is 4.54. The van der Waals surface area contributed by atoms with Crippen molar-refractivity contribution in [3.63, 3.8) is 0 Å². The molecule has 1 saturated heterocycles. The summed E-state index contributed by atoms with van der Waals surface area (Å²) in [4.78, 5) is 14.1. The molecule has 1 unspecified atom stereocenters. The Morgan fingerprint density at radius 3 is 3.00 bits per heavy atom. The number of nitrogens with zero attached hydrogens (tertiary/aromatic N) is 3. The maximum atomic E-state index is 12.0. The zero-order valence-corrected chi connectivity index (χ0v) is 11.4. The highest BCUT2D eigenvalue weighted by Crippen LogP contribution is 2.27. The summed E-state index contributed by atoms with van der Waals surface area (Å²) < 4.78 is 1.37. The number of aromatic nitrogens is 2. The summed E-state index contributed by atoms with van der Waals surface area (Å²) in [7, 11) is 0. The molecule has 0 aliphatic carbocycles. The first-order valence-corrected chi connectivity index (χ1v) is 6.79. The molecule has 0 amide bonds. The largest absolute Gasteiger partial charge is 0.365 e. The molecule has 1 aliphatic rings. The van der Waals surface area contributed by atoms with Crippen molar-refractivity contribution < 1.29 is 0 Å². The van der Waals surface area contributed by atoms with Gasteiger partial charge in [0.05, 0.1) is 11.9 Å². The van der Waals surface area contributed by atoms with E-state index in [0.717, 1.165) is 25.1 Å². The van der Waals surface area contributed by atoms with Crippen molar-refractivity contribution in [3.8, 4) is 0 Å². The summed E-state index contributed by atoms with van der Waals surface area (Å²) in [5.41, 5.74) is 6.29. The van der Waals surface area contributed by atoms with Gasteiger partial charge in [-0.05, 0) is 26.2 Å². The lowest BCUT2D eigenvalue weighted by Crippen LogP contribution is -2.45. The lowest BCUT2D eigenvalue weighted by molar-refractivity contribution is 0.463. The van der Waals surface area contributed by atoms with Gasteiger partial charge in [-0.1, -0.05) is 11.6 Å². The number of rotatable bonds is 3. The van der Waals surface area contributed by atoms with Crippen LogP contribution in [0.3, 0.4) is 0 Å². The van der Waals surface area contributed by atoms with Gasteiger partial charge in [-0.2, -0.15) is 5.10 Å². The van der Waals surface area contributed by atoms with Gasteiger partial charge in [-0.3, -0.25) is 4.79 Å². The van der Waals surface area contributed by atoms with Gasteiger partial charge < -0.3 is 10.6 Å². The number of aryl methyl sites for hydroxylation is 1. The van der Waals surface area contributed by atoms with Crippen LogP contribution in [0.1, 0.15) is 26.2 Å². The smallest absolute Gasteiger partial charge is 0.287 e. The van der Waals surface area contributed by atoms with Crippen LogP contribution in [-0.4, -0.2) is 28.9 Å². The quantitative estimate of drug-likeness (QED) is 0.897. The van der Waals surface area contributed by atoms with E-state index in [0.29, 0.717) is 13.1 Å². The van der Waals surface area contributed by atoms with E-state index in [-0.39, 0.29) is 16.6 Å². The van der Waals surface area contributed by atoms with Gasteiger partial charge in [0.2, 0.25) is 0 Å². The average molecular weight is 271 g/mol. The van der Waals surface area contributed by atoms with E-state index in [1.807, 2.05) is 6.92 Å². The summed E-state index contributed by atoms with van der Waals surface area (Å²) in [5.74, 6) is 0. The summed E-state index contributed by atoms with van der Waals surface area (Å²) >= 11 is 6.18. The molecule has 0 aromatic carbocycles. The molecular formula is C12H19ClN4O. The van der Waals surface area contributed by atoms with Gasteiger partial charge in [0.25, 0.3) is 5.56 Å². The van der Waals surface area contributed by atoms with Crippen LogP contribution in [0, 0.1) is 0 Å². The van der Waals surface area contributed by atoms with E-state index in [1.54, 1.807) is 6.20 Å². The fourth-order valence-electron chi connectivity index (χ4n) is 2.44. The number of halogens is 1. The molecule has 0 spiro atoms. The summed E-state index contributed by atoms with van der Waals surface area (Å²) in [6, 6.07) is 0.259. The van der Waals surface area contributed by atoms with Gasteiger partial charge in [0.15, 0.2) is 0 Å². The van der Waals surface area contributed by atoms with Crippen LogP contribution in [0.5, 0.6) is 0 Å². The normalized spacial score (nSPS) is 20.2. The van der Waals surface area contributed by atoms with Crippen molar-refractivity contribution in [2.45, 2.75) is 38.8 Å². The van der Waals surface area contributed by atoms with Gasteiger partial charge in [0, 0.05) is 25.7 Å². The highest BCUT2D eigenvalue weighted by molar-refractivity contribution is 6.33. The minimum absolute atomic E-state index is 0.224. The third-order valence-electron chi connectivity index (χ3n) is 3.47. The molecule has 0 radical (unpaired) electrons. The molecular weight excluding hydrogens is 252 g/mol. The SMILES string of the molecule is CCn1ncc(N2CCCCC2CN)c(Cl)c1=O. The Morgan fingerprint density at radius 2 is 2.33 bits per heavy atom. The van der Waals surface area contributed by atoms with Crippen LogP contribution >= 0.6 is 11.6 Å². The van der Waals surface area contributed by atoms with Crippen molar-refractivity contribution in [3.05, 3.63) is 21.6 Å². The molecule has 0 saturated carbocycles. The van der Waals surface area contributed by atoms with Crippen molar-refractivity contribution in [1.29, 1.82) is 0 Å². The Balaban J connectivity index is 2.38.